The van der Waals surface area contributed by atoms with Crippen molar-refractivity contribution >= 4 is 17.6 Å². The number of nitrogens with zero attached hydrogens (tertiary/aromatic N) is 2. The zero-order valence-corrected chi connectivity index (χ0v) is 10.3. The summed E-state index contributed by atoms with van der Waals surface area (Å²) < 4.78 is 37.4. The SMILES string of the molecule is Nc1nc(N)c(-c2ccc(C(F)(F)F)cc2)nc1C(=O)O. The number of halogens is 3. The van der Waals surface area contributed by atoms with E-state index in [0.29, 0.717) is 0 Å². The van der Waals surface area contributed by atoms with Crippen LogP contribution in [0.2, 0.25) is 0 Å². The number of aromatic nitrogens is 2. The number of carbonyl (C=O) groups is 1. The number of anilines is 2. The maximum Gasteiger partial charge on any atom is 0.416 e. The van der Waals surface area contributed by atoms with Crippen LogP contribution < -0.4 is 11.5 Å². The Morgan fingerprint density at radius 1 is 1.05 bits per heavy atom. The van der Waals surface area contributed by atoms with E-state index in [2.05, 4.69) is 9.97 Å². The van der Waals surface area contributed by atoms with Gasteiger partial charge in [-0.1, -0.05) is 12.1 Å². The first kappa shape index (κ1) is 14.6. The Labute approximate surface area is 116 Å². The van der Waals surface area contributed by atoms with Crippen molar-refractivity contribution in [2.24, 2.45) is 0 Å². The maximum absolute atomic E-state index is 12.5. The third-order valence-electron chi connectivity index (χ3n) is 2.64. The topological polar surface area (TPSA) is 115 Å². The highest BCUT2D eigenvalue weighted by Gasteiger charge is 2.30. The van der Waals surface area contributed by atoms with Crippen molar-refractivity contribution in [1.82, 2.24) is 9.97 Å². The number of alkyl halides is 3. The van der Waals surface area contributed by atoms with E-state index in [1.54, 1.807) is 0 Å². The van der Waals surface area contributed by atoms with E-state index in [0.717, 1.165) is 24.3 Å². The van der Waals surface area contributed by atoms with Gasteiger partial charge in [-0.05, 0) is 12.1 Å². The van der Waals surface area contributed by atoms with E-state index in [9.17, 15) is 18.0 Å². The molecule has 1 aromatic heterocycles. The zero-order valence-electron chi connectivity index (χ0n) is 10.3. The summed E-state index contributed by atoms with van der Waals surface area (Å²) in [7, 11) is 0. The average Bonchev–Trinajstić information content (AvgIpc) is 2.37. The molecule has 0 aliphatic heterocycles. The van der Waals surface area contributed by atoms with Crippen LogP contribution in [0.1, 0.15) is 16.1 Å². The molecule has 0 saturated heterocycles. The molecule has 0 bridgehead atoms. The first-order valence-corrected chi connectivity index (χ1v) is 5.54. The summed E-state index contributed by atoms with van der Waals surface area (Å²) in [5.41, 5.74) is 9.75. The first-order valence-electron chi connectivity index (χ1n) is 5.54. The van der Waals surface area contributed by atoms with Gasteiger partial charge in [0.05, 0.1) is 5.56 Å². The summed E-state index contributed by atoms with van der Waals surface area (Å²) in [5.74, 6) is -1.94. The van der Waals surface area contributed by atoms with Crippen LogP contribution in [0.4, 0.5) is 24.8 Å². The molecule has 9 heteroatoms. The second-order valence-electron chi connectivity index (χ2n) is 4.07. The number of carboxylic acids is 1. The predicted molar refractivity (Wildman–Crippen MR) is 68.3 cm³/mol. The predicted octanol–water partition coefficient (Wildman–Crippen LogP) is 2.02. The molecule has 1 aromatic carbocycles. The number of carboxylic acid groups (broad SMARTS) is 1. The largest absolute Gasteiger partial charge is 0.476 e. The first-order chi connectivity index (χ1) is 9.70. The van der Waals surface area contributed by atoms with Gasteiger partial charge in [-0.15, -0.1) is 0 Å². The van der Waals surface area contributed by atoms with Crippen LogP contribution in [-0.2, 0) is 6.18 Å². The van der Waals surface area contributed by atoms with E-state index in [1.807, 2.05) is 0 Å². The van der Waals surface area contributed by atoms with Crippen LogP contribution in [0.5, 0.6) is 0 Å². The lowest BCUT2D eigenvalue weighted by atomic mass is 10.1. The lowest BCUT2D eigenvalue weighted by Crippen LogP contribution is -2.11. The number of hydrogen-bond donors (Lipinski definition) is 3. The molecule has 1 heterocycles. The van der Waals surface area contributed by atoms with E-state index < -0.39 is 23.4 Å². The van der Waals surface area contributed by atoms with Gasteiger partial charge in [0.1, 0.15) is 5.69 Å². The van der Waals surface area contributed by atoms with Crippen LogP contribution in [0.25, 0.3) is 11.3 Å². The second-order valence-corrected chi connectivity index (χ2v) is 4.07. The maximum atomic E-state index is 12.5. The summed E-state index contributed by atoms with van der Waals surface area (Å²) in [4.78, 5) is 18.3. The highest BCUT2D eigenvalue weighted by Crippen LogP contribution is 2.31. The minimum absolute atomic E-state index is 0.0460. The Bertz CT molecular complexity index is 699. The van der Waals surface area contributed by atoms with Crippen molar-refractivity contribution in [1.29, 1.82) is 0 Å². The zero-order chi connectivity index (χ0) is 15.8. The Balaban J connectivity index is 2.52. The summed E-state index contributed by atoms with van der Waals surface area (Å²) in [5, 5.41) is 8.91. The lowest BCUT2D eigenvalue weighted by molar-refractivity contribution is -0.137. The van der Waals surface area contributed by atoms with Crippen molar-refractivity contribution in [3.05, 3.63) is 35.5 Å². The van der Waals surface area contributed by atoms with Gasteiger partial charge in [0.25, 0.3) is 0 Å². The van der Waals surface area contributed by atoms with Crippen molar-refractivity contribution < 1.29 is 23.1 Å². The Morgan fingerprint density at radius 2 is 1.62 bits per heavy atom. The van der Waals surface area contributed by atoms with E-state index in [-0.39, 0.29) is 22.9 Å². The second kappa shape index (κ2) is 4.93. The number of nitrogen functional groups attached to an aromatic ring is 2. The Hall–Kier alpha value is -2.84. The Kier molecular flexibility index (Phi) is 3.42. The molecule has 0 saturated carbocycles. The number of aromatic carboxylic acids is 1. The highest BCUT2D eigenvalue weighted by atomic mass is 19.4. The minimum Gasteiger partial charge on any atom is -0.476 e. The number of nitrogens with two attached hydrogens (primary N) is 2. The van der Waals surface area contributed by atoms with Crippen molar-refractivity contribution in [2.75, 3.05) is 11.5 Å². The monoisotopic (exact) mass is 298 g/mol. The minimum atomic E-state index is -4.47. The summed E-state index contributed by atoms with van der Waals surface area (Å²) in [6.45, 7) is 0. The number of benzene rings is 1. The highest BCUT2D eigenvalue weighted by molar-refractivity contribution is 5.92. The molecule has 0 aliphatic carbocycles. The summed E-state index contributed by atoms with van der Waals surface area (Å²) in [6.07, 6.45) is -4.47. The quantitative estimate of drug-likeness (QED) is 0.781. The average molecular weight is 298 g/mol. The van der Waals surface area contributed by atoms with Gasteiger partial charge in [0, 0.05) is 5.56 Å². The van der Waals surface area contributed by atoms with Gasteiger partial charge in [0.15, 0.2) is 17.3 Å². The van der Waals surface area contributed by atoms with E-state index >= 15 is 0 Å². The molecule has 6 nitrogen and oxygen atoms in total. The van der Waals surface area contributed by atoms with E-state index in [1.165, 1.54) is 0 Å². The molecular formula is C12H9F3N4O2. The van der Waals surface area contributed by atoms with Gasteiger partial charge in [-0.3, -0.25) is 0 Å². The lowest BCUT2D eigenvalue weighted by Gasteiger charge is -2.09. The number of rotatable bonds is 2. The molecule has 0 unspecified atom stereocenters. The van der Waals surface area contributed by atoms with Gasteiger partial charge < -0.3 is 16.6 Å². The van der Waals surface area contributed by atoms with Crippen LogP contribution >= 0.6 is 0 Å². The van der Waals surface area contributed by atoms with Crippen LogP contribution in [0.15, 0.2) is 24.3 Å². The summed E-state index contributed by atoms with van der Waals surface area (Å²) >= 11 is 0. The van der Waals surface area contributed by atoms with Crippen LogP contribution in [0.3, 0.4) is 0 Å². The smallest absolute Gasteiger partial charge is 0.416 e. The fourth-order valence-corrected chi connectivity index (χ4v) is 1.65. The van der Waals surface area contributed by atoms with Gasteiger partial charge in [-0.2, -0.15) is 13.2 Å². The molecule has 21 heavy (non-hydrogen) atoms. The van der Waals surface area contributed by atoms with Crippen molar-refractivity contribution in [2.45, 2.75) is 6.18 Å². The van der Waals surface area contributed by atoms with E-state index in [4.69, 9.17) is 16.6 Å². The fourth-order valence-electron chi connectivity index (χ4n) is 1.65. The molecule has 5 N–H and O–H groups in total. The molecule has 110 valence electrons. The summed E-state index contributed by atoms with van der Waals surface area (Å²) in [6, 6.07) is 3.94. The van der Waals surface area contributed by atoms with Gasteiger partial charge in [-0.25, -0.2) is 14.8 Å². The van der Waals surface area contributed by atoms with Crippen LogP contribution in [0, 0.1) is 0 Å². The van der Waals surface area contributed by atoms with Crippen molar-refractivity contribution in [3.63, 3.8) is 0 Å². The normalized spacial score (nSPS) is 11.4. The molecule has 0 aliphatic rings. The molecule has 0 fully saturated rings. The van der Waals surface area contributed by atoms with Gasteiger partial charge >= 0.3 is 12.1 Å². The third kappa shape index (κ3) is 2.86. The standard InChI is InChI=1S/C12H9F3N4O2/c13-12(14,15)6-3-1-5(2-4-6)7-9(16)19-10(17)8(18-7)11(20)21/h1-4H,(H,20,21)(H4,16,17,19). The molecular weight excluding hydrogens is 289 g/mol. The third-order valence-corrected chi connectivity index (χ3v) is 2.64. The molecule has 0 radical (unpaired) electrons. The Morgan fingerprint density at radius 3 is 2.10 bits per heavy atom. The molecule has 0 spiro atoms. The van der Waals surface area contributed by atoms with Crippen molar-refractivity contribution in [3.8, 4) is 11.3 Å². The van der Waals surface area contributed by atoms with Gasteiger partial charge in [0.2, 0.25) is 0 Å². The van der Waals surface area contributed by atoms with Crippen LogP contribution in [-0.4, -0.2) is 21.0 Å². The molecule has 0 atom stereocenters. The molecule has 2 rings (SSSR count). The molecule has 0 amide bonds. The molecule has 2 aromatic rings. The number of hydrogen-bond acceptors (Lipinski definition) is 5. The fraction of sp³-hybridized carbons (Fsp3) is 0.0833.